The quantitative estimate of drug-likeness (QED) is 0.524. The summed E-state index contributed by atoms with van der Waals surface area (Å²) in [5, 5.41) is 0. The molecule has 1 aromatic heterocycles. The molecular weight excluding hydrogens is 420 g/mol. The Morgan fingerprint density at radius 3 is 2.43 bits per heavy atom. The van der Waals surface area contributed by atoms with E-state index in [0.717, 1.165) is 28.1 Å². The molecular formula is C21H26N4O3S2. The molecule has 9 heteroatoms. The van der Waals surface area contributed by atoms with Gasteiger partial charge in [0.15, 0.2) is 0 Å². The third-order valence-electron chi connectivity index (χ3n) is 4.91. The van der Waals surface area contributed by atoms with Crippen LogP contribution in [0.15, 0.2) is 47.4 Å². The van der Waals surface area contributed by atoms with Gasteiger partial charge in [0.05, 0.1) is 18.3 Å². The lowest BCUT2D eigenvalue weighted by Gasteiger charge is -2.25. The molecule has 0 N–H and O–H groups in total. The topological polar surface area (TPSA) is 83.5 Å². The average molecular weight is 447 g/mol. The Morgan fingerprint density at radius 2 is 1.80 bits per heavy atom. The van der Waals surface area contributed by atoms with E-state index in [9.17, 15) is 13.2 Å². The standard InChI is InChI=1S/C21H26N4O3S2/c1-5-13-25(17-11-9-16(10-12-17)15(2)3)20(26)14-24(4)30(27,28)19-8-6-7-18-21(19)23-29-22-18/h6-12,15H,5,13-14H2,1-4H3. The SMILES string of the molecule is CCCN(C(=O)CN(C)S(=O)(=O)c1cccc2nsnc12)c1ccc(C(C)C)cc1. The second-order valence-electron chi connectivity index (χ2n) is 7.44. The maximum atomic E-state index is 13.1. The number of hydrogen-bond acceptors (Lipinski definition) is 6. The largest absolute Gasteiger partial charge is 0.311 e. The molecule has 2 aromatic carbocycles. The number of carbonyl (C=O) groups excluding carboxylic acids is 1. The van der Waals surface area contributed by atoms with E-state index < -0.39 is 10.0 Å². The average Bonchev–Trinajstić information content (AvgIpc) is 3.20. The van der Waals surface area contributed by atoms with Gasteiger partial charge in [-0.3, -0.25) is 4.79 Å². The Morgan fingerprint density at radius 1 is 1.10 bits per heavy atom. The van der Waals surface area contributed by atoms with Crippen LogP contribution in [0.3, 0.4) is 0 Å². The first-order valence-electron chi connectivity index (χ1n) is 9.83. The highest BCUT2D eigenvalue weighted by Crippen LogP contribution is 2.25. The molecule has 0 unspecified atom stereocenters. The van der Waals surface area contributed by atoms with Gasteiger partial charge < -0.3 is 4.90 Å². The molecule has 0 saturated carbocycles. The third-order valence-corrected chi connectivity index (χ3v) is 7.29. The molecule has 0 fully saturated rings. The molecule has 30 heavy (non-hydrogen) atoms. The summed E-state index contributed by atoms with van der Waals surface area (Å²) in [6.45, 7) is 6.46. The summed E-state index contributed by atoms with van der Waals surface area (Å²) < 4.78 is 35.5. The van der Waals surface area contributed by atoms with Crippen LogP contribution in [0.25, 0.3) is 11.0 Å². The molecule has 1 heterocycles. The van der Waals surface area contributed by atoms with Gasteiger partial charge in [-0.25, -0.2) is 8.42 Å². The Balaban J connectivity index is 1.83. The first-order valence-corrected chi connectivity index (χ1v) is 12.0. The highest BCUT2D eigenvalue weighted by molar-refractivity contribution is 7.89. The number of rotatable bonds is 8. The van der Waals surface area contributed by atoms with E-state index in [1.54, 1.807) is 17.0 Å². The van der Waals surface area contributed by atoms with Gasteiger partial charge in [0.2, 0.25) is 15.9 Å². The number of nitrogens with zero attached hydrogens (tertiary/aromatic N) is 4. The lowest BCUT2D eigenvalue weighted by Crippen LogP contribution is -2.41. The van der Waals surface area contributed by atoms with Crippen LogP contribution < -0.4 is 4.90 Å². The first kappa shape index (κ1) is 22.3. The van der Waals surface area contributed by atoms with Gasteiger partial charge in [0, 0.05) is 19.3 Å². The zero-order valence-corrected chi connectivity index (χ0v) is 19.2. The Hall–Kier alpha value is -2.36. The normalized spacial score (nSPS) is 12.1. The van der Waals surface area contributed by atoms with Crippen molar-refractivity contribution in [2.24, 2.45) is 0 Å². The smallest absolute Gasteiger partial charge is 0.245 e. The molecule has 0 aliphatic heterocycles. The number of carbonyl (C=O) groups is 1. The number of anilines is 1. The van der Waals surface area contributed by atoms with Crippen molar-refractivity contribution in [3.8, 4) is 0 Å². The minimum Gasteiger partial charge on any atom is -0.311 e. The van der Waals surface area contributed by atoms with E-state index in [2.05, 4.69) is 22.6 Å². The van der Waals surface area contributed by atoms with Crippen molar-refractivity contribution in [1.29, 1.82) is 0 Å². The van der Waals surface area contributed by atoms with E-state index in [4.69, 9.17) is 0 Å². The van der Waals surface area contributed by atoms with Crippen LogP contribution in [0, 0.1) is 0 Å². The Kier molecular flexibility index (Phi) is 6.84. The monoisotopic (exact) mass is 446 g/mol. The van der Waals surface area contributed by atoms with Crippen LogP contribution in [0.1, 0.15) is 38.7 Å². The predicted molar refractivity (Wildman–Crippen MR) is 120 cm³/mol. The molecule has 0 aliphatic rings. The van der Waals surface area contributed by atoms with Crippen molar-refractivity contribution in [2.45, 2.75) is 38.0 Å². The van der Waals surface area contributed by atoms with Gasteiger partial charge in [-0.05, 0) is 42.2 Å². The van der Waals surface area contributed by atoms with Gasteiger partial charge in [-0.2, -0.15) is 13.1 Å². The number of likely N-dealkylation sites (N-methyl/N-ethyl adjacent to an activating group) is 1. The van der Waals surface area contributed by atoms with Gasteiger partial charge in [0.1, 0.15) is 15.9 Å². The van der Waals surface area contributed by atoms with E-state index in [1.807, 2.05) is 31.2 Å². The number of fused-ring (bicyclic) bond motifs is 1. The molecule has 7 nitrogen and oxygen atoms in total. The molecule has 160 valence electrons. The Labute approximate surface area is 181 Å². The van der Waals surface area contributed by atoms with Gasteiger partial charge in [0.25, 0.3) is 0 Å². The summed E-state index contributed by atoms with van der Waals surface area (Å²) in [5.74, 6) is 0.123. The fourth-order valence-corrected chi connectivity index (χ4v) is 5.05. The van der Waals surface area contributed by atoms with E-state index in [1.165, 1.54) is 18.7 Å². The fourth-order valence-electron chi connectivity index (χ4n) is 3.18. The van der Waals surface area contributed by atoms with Crippen molar-refractivity contribution >= 4 is 44.4 Å². The van der Waals surface area contributed by atoms with Crippen molar-refractivity contribution in [3.05, 3.63) is 48.0 Å². The molecule has 0 radical (unpaired) electrons. The van der Waals surface area contributed by atoms with E-state index in [-0.39, 0.29) is 17.3 Å². The third kappa shape index (κ3) is 4.53. The molecule has 0 aliphatic carbocycles. The van der Waals surface area contributed by atoms with Crippen LogP contribution >= 0.6 is 11.7 Å². The molecule has 0 atom stereocenters. The summed E-state index contributed by atoms with van der Waals surface area (Å²) in [4.78, 5) is 14.8. The zero-order valence-electron chi connectivity index (χ0n) is 17.6. The second-order valence-corrected chi connectivity index (χ2v) is 9.98. The van der Waals surface area contributed by atoms with E-state index >= 15 is 0 Å². The van der Waals surface area contributed by atoms with Crippen molar-refractivity contribution in [3.63, 3.8) is 0 Å². The minimum absolute atomic E-state index is 0.0624. The van der Waals surface area contributed by atoms with E-state index in [0.29, 0.717) is 23.5 Å². The van der Waals surface area contributed by atoms with Crippen LogP contribution in [0.4, 0.5) is 5.69 Å². The summed E-state index contributed by atoms with van der Waals surface area (Å²) in [6.07, 6.45) is 0.762. The highest BCUT2D eigenvalue weighted by atomic mass is 32.2. The maximum Gasteiger partial charge on any atom is 0.245 e. The van der Waals surface area contributed by atoms with Crippen molar-refractivity contribution in [1.82, 2.24) is 13.1 Å². The summed E-state index contributed by atoms with van der Waals surface area (Å²) in [6, 6.07) is 12.7. The lowest BCUT2D eigenvalue weighted by atomic mass is 10.0. The summed E-state index contributed by atoms with van der Waals surface area (Å²) in [7, 11) is -2.47. The molecule has 0 spiro atoms. The van der Waals surface area contributed by atoms with Crippen molar-refractivity contribution in [2.75, 3.05) is 25.0 Å². The van der Waals surface area contributed by atoms with Gasteiger partial charge >= 0.3 is 0 Å². The molecule has 0 saturated heterocycles. The zero-order chi connectivity index (χ0) is 21.9. The van der Waals surface area contributed by atoms with Crippen LogP contribution in [0.2, 0.25) is 0 Å². The van der Waals surface area contributed by atoms with Gasteiger partial charge in [-0.1, -0.05) is 39.0 Å². The van der Waals surface area contributed by atoms with Crippen LogP contribution in [-0.4, -0.2) is 47.5 Å². The highest BCUT2D eigenvalue weighted by Gasteiger charge is 2.28. The number of hydrogen-bond donors (Lipinski definition) is 0. The first-order chi connectivity index (χ1) is 14.3. The Bertz CT molecular complexity index is 1120. The molecule has 3 rings (SSSR count). The summed E-state index contributed by atoms with van der Waals surface area (Å²) >= 11 is 0.962. The number of amides is 1. The van der Waals surface area contributed by atoms with Gasteiger partial charge in [-0.15, -0.1) is 0 Å². The number of sulfonamides is 1. The minimum atomic E-state index is -3.89. The molecule has 1 amide bonds. The second kappa shape index (κ2) is 9.20. The van der Waals surface area contributed by atoms with Crippen LogP contribution in [-0.2, 0) is 14.8 Å². The number of benzene rings is 2. The van der Waals surface area contributed by atoms with Crippen molar-refractivity contribution < 1.29 is 13.2 Å². The fraction of sp³-hybridized carbons (Fsp3) is 0.381. The number of aromatic nitrogens is 2. The van der Waals surface area contributed by atoms with Crippen LogP contribution in [0.5, 0.6) is 0 Å². The molecule has 3 aromatic rings. The molecule has 0 bridgehead atoms. The predicted octanol–water partition coefficient (Wildman–Crippen LogP) is 3.88. The lowest BCUT2D eigenvalue weighted by molar-refractivity contribution is -0.118. The summed E-state index contributed by atoms with van der Waals surface area (Å²) in [5.41, 5.74) is 2.81. The maximum absolute atomic E-state index is 13.1.